The number of benzene rings is 1. The van der Waals surface area contributed by atoms with E-state index < -0.39 is 0 Å². The van der Waals surface area contributed by atoms with Crippen molar-refractivity contribution in [3.63, 3.8) is 0 Å². The highest BCUT2D eigenvalue weighted by molar-refractivity contribution is 5.64. The maximum Gasteiger partial charge on any atom is 0.0702 e. The van der Waals surface area contributed by atoms with Crippen LogP contribution in [0.25, 0.3) is 17.3 Å². The van der Waals surface area contributed by atoms with Gasteiger partial charge in [-0.1, -0.05) is 36.4 Å². The molecule has 0 amide bonds. The lowest BCUT2D eigenvalue weighted by Gasteiger charge is -2.01. The van der Waals surface area contributed by atoms with Crippen molar-refractivity contribution in [3.05, 3.63) is 67.2 Å². The zero-order valence-corrected chi connectivity index (χ0v) is 8.43. The van der Waals surface area contributed by atoms with Gasteiger partial charge in [-0.25, -0.2) is 0 Å². The van der Waals surface area contributed by atoms with E-state index in [1.165, 1.54) is 0 Å². The highest BCUT2D eigenvalue weighted by atomic mass is 14.7. The van der Waals surface area contributed by atoms with Crippen LogP contribution >= 0.6 is 0 Å². The lowest BCUT2D eigenvalue weighted by atomic mass is 10.1. The van der Waals surface area contributed by atoms with Crippen molar-refractivity contribution in [3.8, 4) is 11.3 Å². The third-order valence-electron chi connectivity index (χ3n) is 2.16. The molecule has 2 rings (SSSR count). The van der Waals surface area contributed by atoms with Gasteiger partial charge in [0.1, 0.15) is 0 Å². The Labute approximate surface area is 90.1 Å². The molecule has 2 aromatic rings. The lowest BCUT2D eigenvalue weighted by molar-refractivity contribution is 1.33. The fourth-order valence-electron chi connectivity index (χ4n) is 1.47. The normalized spacial score (nSPS) is 10.7. The summed E-state index contributed by atoms with van der Waals surface area (Å²) in [6.07, 6.45) is 5.57. The molecule has 0 saturated carbocycles. The summed E-state index contributed by atoms with van der Waals surface area (Å²) in [5.74, 6) is 0. The van der Waals surface area contributed by atoms with E-state index in [9.17, 15) is 0 Å². The molecule has 1 radical (unpaired) electrons. The van der Waals surface area contributed by atoms with Gasteiger partial charge >= 0.3 is 0 Å². The summed E-state index contributed by atoms with van der Waals surface area (Å²) in [4.78, 5) is 4.31. The summed E-state index contributed by atoms with van der Waals surface area (Å²) in [6.45, 7) is 3.69. The van der Waals surface area contributed by atoms with Crippen LogP contribution in [0.15, 0.2) is 54.7 Å². The predicted octanol–water partition coefficient (Wildman–Crippen LogP) is 3.60. The quantitative estimate of drug-likeness (QED) is 0.711. The summed E-state index contributed by atoms with van der Waals surface area (Å²) >= 11 is 0. The third kappa shape index (κ3) is 2.32. The predicted molar refractivity (Wildman–Crippen MR) is 64.1 cm³/mol. The Morgan fingerprint density at radius 3 is 2.73 bits per heavy atom. The average molecular weight is 194 g/mol. The molecule has 0 atom stereocenters. The van der Waals surface area contributed by atoms with Gasteiger partial charge in [-0.15, -0.1) is 0 Å². The van der Waals surface area contributed by atoms with Crippen molar-refractivity contribution in [2.75, 3.05) is 0 Å². The number of pyridine rings is 1. The van der Waals surface area contributed by atoms with Crippen molar-refractivity contribution >= 4 is 6.08 Å². The van der Waals surface area contributed by atoms with E-state index in [-0.39, 0.29) is 0 Å². The van der Waals surface area contributed by atoms with E-state index in [1.807, 2.05) is 36.4 Å². The molecular formula is C14H12N. The Morgan fingerprint density at radius 1 is 1.07 bits per heavy atom. The summed E-state index contributed by atoms with van der Waals surface area (Å²) in [5, 5.41) is 0. The van der Waals surface area contributed by atoms with Gasteiger partial charge in [-0.2, -0.15) is 0 Å². The molecule has 1 heteroatoms. The second-order valence-corrected chi connectivity index (χ2v) is 3.24. The minimum absolute atomic E-state index is 0.997. The maximum absolute atomic E-state index is 4.31. The minimum Gasteiger partial charge on any atom is -0.256 e. The topological polar surface area (TPSA) is 12.9 Å². The standard InChI is InChI=1S/C14H12N/c1-2-6-12-7-5-8-13(11-12)14-9-3-4-10-15-14/h2-11H,1H2/b6-2+. The number of nitrogens with zero attached hydrogens (tertiary/aromatic N) is 1. The second-order valence-electron chi connectivity index (χ2n) is 3.24. The van der Waals surface area contributed by atoms with E-state index >= 15 is 0 Å². The smallest absolute Gasteiger partial charge is 0.0702 e. The van der Waals surface area contributed by atoms with Crippen LogP contribution in [-0.4, -0.2) is 4.98 Å². The molecule has 1 aromatic carbocycles. The molecule has 0 N–H and O–H groups in total. The van der Waals surface area contributed by atoms with E-state index in [1.54, 1.807) is 12.3 Å². The second kappa shape index (κ2) is 4.56. The lowest BCUT2D eigenvalue weighted by Crippen LogP contribution is -1.82. The Bertz CT molecular complexity index is 458. The van der Waals surface area contributed by atoms with Crippen molar-refractivity contribution in [1.29, 1.82) is 0 Å². The number of aromatic nitrogens is 1. The van der Waals surface area contributed by atoms with Crippen LogP contribution in [0.1, 0.15) is 5.56 Å². The zero-order valence-electron chi connectivity index (χ0n) is 8.43. The SMILES string of the molecule is [CH2]/C=C/c1cccc(-c2ccccn2)c1. The average Bonchev–Trinajstić information content (AvgIpc) is 2.31. The summed E-state index contributed by atoms with van der Waals surface area (Å²) in [5.41, 5.74) is 3.27. The minimum atomic E-state index is 0.997. The van der Waals surface area contributed by atoms with Crippen LogP contribution in [0.3, 0.4) is 0 Å². The van der Waals surface area contributed by atoms with Crippen molar-refractivity contribution in [1.82, 2.24) is 4.98 Å². The largest absolute Gasteiger partial charge is 0.256 e. The molecule has 0 saturated heterocycles. The van der Waals surface area contributed by atoms with Crippen LogP contribution in [0.2, 0.25) is 0 Å². The first kappa shape index (κ1) is 9.66. The summed E-state index contributed by atoms with van der Waals surface area (Å²) in [7, 11) is 0. The van der Waals surface area contributed by atoms with Gasteiger partial charge in [0.25, 0.3) is 0 Å². The van der Waals surface area contributed by atoms with E-state index in [0.717, 1.165) is 16.8 Å². The Kier molecular flexibility index (Phi) is 2.93. The molecule has 73 valence electrons. The van der Waals surface area contributed by atoms with E-state index in [4.69, 9.17) is 0 Å². The molecule has 0 aliphatic carbocycles. The first-order chi connectivity index (χ1) is 7.40. The van der Waals surface area contributed by atoms with Crippen molar-refractivity contribution in [2.24, 2.45) is 0 Å². The molecule has 0 spiro atoms. The van der Waals surface area contributed by atoms with Crippen LogP contribution in [-0.2, 0) is 0 Å². The molecule has 0 fully saturated rings. The third-order valence-corrected chi connectivity index (χ3v) is 2.16. The highest BCUT2D eigenvalue weighted by Crippen LogP contribution is 2.18. The number of rotatable bonds is 2. The first-order valence-electron chi connectivity index (χ1n) is 4.87. The highest BCUT2D eigenvalue weighted by Gasteiger charge is 1.97. The Balaban J connectivity index is 2.41. The maximum atomic E-state index is 4.31. The molecule has 0 aliphatic heterocycles. The molecule has 0 aliphatic rings. The van der Waals surface area contributed by atoms with Gasteiger partial charge in [0.2, 0.25) is 0 Å². The molecule has 15 heavy (non-hydrogen) atoms. The Morgan fingerprint density at radius 2 is 2.00 bits per heavy atom. The molecule has 0 unspecified atom stereocenters. The monoisotopic (exact) mass is 194 g/mol. The van der Waals surface area contributed by atoms with Gasteiger partial charge in [0.05, 0.1) is 5.69 Å². The first-order valence-corrected chi connectivity index (χ1v) is 4.87. The van der Waals surface area contributed by atoms with Gasteiger partial charge in [-0.3, -0.25) is 4.98 Å². The van der Waals surface area contributed by atoms with E-state index in [2.05, 4.69) is 24.0 Å². The summed E-state index contributed by atoms with van der Waals surface area (Å²) in [6, 6.07) is 14.2. The van der Waals surface area contributed by atoms with Gasteiger partial charge in [0.15, 0.2) is 0 Å². The van der Waals surface area contributed by atoms with Crippen molar-refractivity contribution in [2.45, 2.75) is 0 Å². The van der Waals surface area contributed by atoms with Crippen LogP contribution < -0.4 is 0 Å². The van der Waals surface area contributed by atoms with Gasteiger partial charge in [-0.05, 0) is 30.7 Å². The van der Waals surface area contributed by atoms with Gasteiger partial charge < -0.3 is 0 Å². The molecular weight excluding hydrogens is 182 g/mol. The van der Waals surface area contributed by atoms with Crippen LogP contribution in [0, 0.1) is 6.92 Å². The molecule has 0 bridgehead atoms. The van der Waals surface area contributed by atoms with Crippen LogP contribution in [0.4, 0.5) is 0 Å². The number of allylic oxidation sites excluding steroid dienone is 1. The molecule has 1 aromatic heterocycles. The molecule has 1 nitrogen and oxygen atoms in total. The van der Waals surface area contributed by atoms with Crippen molar-refractivity contribution < 1.29 is 0 Å². The molecule has 1 heterocycles. The fourth-order valence-corrected chi connectivity index (χ4v) is 1.47. The zero-order chi connectivity index (χ0) is 10.5. The summed E-state index contributed by atoms with van der Waals surface area (Å²) < 4.78 is 0. The van der Waals surface area contributed by atoms with Crippen LogP contribution in [0.5, 0.6) is 0 Å². The van der Waals surface area contributed by atoms with E-state index in [0.29, 0.717) is 0 Å². The fraction of sp³-hybridized carbons (Fsp3) is 0. The van der Waals surface area contributed by atoms with Gasteiger partial charge in [0, 0.05) is 11.8 Å². The Hall–Kier alpha value is -1.89. The number of hydrogen-bond acceptors (Lipinski definition) is 1. The number of hydrogen-bond donors (Lipinski definition) is 0.